The van der Waals surface area contributed by atoms with Crippen LogP contribution in [-0.2, 0) is 6.18 Å². The van der Waals surface area contributed by atoms with Crippen LogP contribution < -0.4 is 4.74 Å². The second-order valence-corrected chi connectivity index (χ2v) is 6.49. The van der Waals surface area contributed by atoms with Gasteiger partial charge in [0, 0.05) is 6.54 Å². The number of aromatic nitrogens is 1. The Morgan fingerprint density at radius 1 is 1.22 bits per heavy atom. The smallest absolute Gasteiger partial charge is 0.433 e. The molecule has 0 radical (unpaired) electrons. The summed E-state index contributed by atoms with van der Waals surface area (Å²) in [6.07, 6.45) is -2.87. The second-order valence-electron chi connectivity index (χ2n) is 6.49. The van der Waals surface area contributed by atoms with Gasteiger partial charge < -0.3 is 9.64 Å². The van der Waals surface area contributed by atoms with Crippen molar-refractivity contribution in [1.82, 2.24) is 9.88 Å². The van der Waals surface area contributed by atoms with Gasteiger partial charge in [0.05, 0.1) is 23.9 Å². The minimum absolute atomic E-state index is 0.0900. The van der Waals surface area contributed by atoms with Crippen LogP contribution in [0, 0.1) is 6.92 Å². The summed E-state index contributed by atoms with van der Waals surface area (Å²) in [5.41, 5.74) is 0.302. The van der Waals surface area contributed by atoms with E-state index in [0.717, 1.165) is 30.2 Å². The lowest BCUT2D eigenvalue weighted by molar-refractivity contribution is -0.141. The fourth-order valence-electron chi connectivity index (χ4n) is 3.41. The summed E-state index contributed by atoms with van der Waals surface area (Å²) < 4.78 is 43.9. The number of alkyl halides is 3. The lowest BCUT2D eigenvalue weighted by Crippen LogP contribution is -2.31. The van der Waals surface area contributed by atoms with E-state index >= 15 is 0 Å². The summed E-state index contributed by atoms with van der Waals surface area (Å²) >= 11 is 0. The average Bonchev–Trinajstić information content (AvgIpc) is 3.11. The molecule has 0 N–H and O–H groups in total. The van der Waals surface area contributed by atoms with Crippen LogP contribution in [0.25, 0.3) is 0 Å². The number of hydrogen-bond acceptors (Lipinski definition) is 3. The van der Waals surface area contributed by atoms with E-state index in [0.29, 0.717) is 13.2 Å². The Kier molecular flexibility index (Phi) is 5.39. The van der Waals surface area contributed by atoms with Crippen molar-refractivity contribution in [3.05, 3.63) is 58.9 Å². The number of carbonyl (C=O) groups excluding carboxylic acids is 1. The number of amides is 1. The van der Waals surface area contributed by atoms with Crippen LogP contribution in [0.3, 0.4) is 0 Å². The summed E-state index contributed by atoms with van der Waals surface area (Å²) in [5.74, 6) is 0.477. The zero-order chi connectivity index (χ0) is 19.6. The van der Waals surface area contributed by atoms with E-state index in [-0.39, 0.29) is 23.2 Å². The molecule has 2 aromatic rings. The first kappa shape index (κ1) is 19.2. The van der Waals surface area contributed by atoms with Gasteiger partial charge in [0.15, 0.2) is 0 Å². The van der Waals surface area contributed by atoms with Crippen molar-refractivity contribution in [3.8, 4) is 5.75 Å². The molecule has 1 amide bonds. The van der Waals surface area contributed by atoms with Crippen molar-refractivity contribution < 1.29 is 22.7 Å². The van der Waals surface area contributed by atoms with Crippen LogP contribution in [0.15, 0.2) is 36.4 Å². The zero-order valence-corrected chi connectivity index (χ0v) is 15.2. The Balaban J connectivity index is 1.83. The van der Waals surface area contributed by atoms with Gasteiger partial charge in [0.25, 0.3) is 5.91 Å². The molecule has 27 heavy (non-hydrogen) atoms. The van der Waals surface area contributed by atoms with E-state index in [9.17, 15) is 18.0 Å². The molecule has 1 aromatic heterocycles. The van der Waals surface area contributed by atoms with E-state index in [1.165, 1.54) is 13.0 Å². The number of pyridine rings is 1. The first-order valence-corrected chi connectivity index (χ1v) is 8.90. The quantitative estimate of drug-likeness (QED) is 0.769. The Bertz CT molecular complexity index is 819. The van der Waals surface area contributed by atoms with Crippen LogP contribution in [-0.4, -0.2) is 28.9 Å². The lowest BCUT2D eigenvalue weighted by Gasteiger charge is -2.26. The zero-order valence-electron chi connectivity index (χ0n) is 15.2. The molecule has 1 fully saturated rings. The minimum Gasteiger partial charge on any atom is -0.494 e. The topological polar surface area (TPSA) is 42.4 Å². The molecule has 7 heteroatoms. The highest BCUT2D eigenvalue weighted by Crippen LogP contribution is 2.35. The number of carbonyl (C=O) groups is 1. The molecule has 0 bridgehead atoms. The third kappa shape index (κ3) is 4.07. The molecule has 0 saturated carbocycles. The van der Waals surface area contributed by atoms with E-state index < -0.39 is 11.9 Å². The normalized spacial score (nSPS) is 17.2. The largest absolute Gasteiger partial charge is 0.494 e. The van der Waals surface area contributed by atoms with Gasteiger partial charge in [0.2, 0.25) is 0 Å². The molecule has 2 heterocycles. The van der Waals surface area contributed by atoms with Crippen molar-refractivity contribution in [2.75, 3.05) is 13.2 Å². The fraction of sp³-hybridized carbons (Fsp3) is 0.400. The monoisotopic (exact) mass is 378 g/mol. The van der Waals surface area contributed by atoms with Crippen LogP contribution in [0.5, 0.6) is 5.75 Å². The number of benzene rings is 1. The number of aryl methyl sites for hydroxylation is 1. The third-order valence-corrected chi connectivity index (χ3v) is 4.70. The van der Waals surface area contributed by atoms with Gasteiger partial charge in [0.1, 0.15) is 11.4 Å². The number of hydrogen-bond donors (Lipinski definition) is 0. The number of ether oxygens (including phenoxy) is 1. The van der Waals surface area contributed by atoms with Crippen molar-refractivity contribution in [2.24, 2.45) is 0 Å². The van der Waals surface area contributed by atoms with Crippen molar-refractivity contribution in [2.45, 2.75) is 38.9 Å². The maximum absolute atomic E-state index is 13.0. The number of halogens is 3. The second kappa shape index (κ2) is 7.58. The molecule has 4 nitrogen and oxygen atoms in total. The Morgan fingerprint density at radius 3 is 2.52 bits per heavy atom. The maximum Gasteiger partial charge on any atom is 0.433 e. The Labute approximate surface area is 156 Å². The van der Waals surface area contributed by atoms with Gasteiger partial charge in [-0.15, -0.1) is 0 Å². The van der Waals surface area contributed by atoms with E-state index in [4.69, 9.17) is 4.74 Å². The highest BCUT2D eigenvalue weighted by atomic mass is 19.4. The van der Waals surface area contributed by atoms with Gasteiger partial charge in [-0.3, -0.25) is 4.79 Å². The fourth-order valence-corrected chi connectivity index (χ4v) is 3.41. The molecular weight excluding hydrogens is 357 g/mol. The molecule has 1 unspecified atom stereocenters. The van der Waals surface area contributed by atoms with E-state index in [2.05, 4.69) is 4.98 Å². The standard InChI is InChI=1S/C20H21F3N2O2/c1-3-27-15-8-6-14(7-9-15)17-5-4-12-25(17)19(26)16-10-11-18(20(21,22)23)24-13(16)2/h6-11,17H,3-5,12H2,1-2H3. The summed E-state index contributed by atoms with van der Waals surface area (Å²) in [7, 11) is 0. The van der Waals surface area contributed by atoms with Gasteiger partial charge in [-0.2, -0.15) is 13.2 Å². The SMILES string of the molecule is CCOc1ccc(C2CCCN2C(=O)c2ccc(C(F)(F)F)nc2C)cc1. The Hall–Kier alpha value is -2.57. The Morgan fingerprint density at radius 2 is 1.93 bits per heavy atom. The van der Waals surface area contributed by atoms with Gasteiger partial charge in [-0.25, -0.2) is 4.98 Å². The number of rotatable bonds is 4. The maximum atomic E-state index is 13.0. The summed E-state index contributed by atoms with van der Waals surface area (Å²) in [4.78, 5) is 18.3. The molecule has 144 valence electrons. The minimum atomic E-state index is -4.52. The summed E-state index contributed by atoms with van der Waals surface area (Å²) in [5, 5.41) is 0. The molecule has 3 rings (SSSR count). The van der Waals surface area contributed by atoms with Crippen LogP contribution in [0.2, 0.25) is 0 Å². The lowest BCUT2D eigenvalue weighted by atomic mass is 10.0. The predicted octanol–water partition coefficient (Wildman–Crippen LogP) is 4.78. The predicted molar refractivity (Wildman–Crippen MR) is 94.6 cm³/mol. The highest BCUT2D eigenvalue weighted by molar-refractivity contribution is 5.95. The van der Waals surface area contributed by atoms with Gasteiger partial charge >= 0.3 is 6.18 Å². The van der Waals surface area contributed by atoms with Crippen LogP contribution in [0.4, 0.5) is 13.2 Å². The molecule has 0 aliphatic carbocycles. The summed E-state index contributed by atoms with van der Waals surface area (Å²) in [6.45, 7) is 4.49. The summed E-state index contributed by atoms with van der Waals surface area (Å²) in [6, 6.07) is 9.58. The van der Waals surface area contributed by atoms with E-state index in [1.54, 1.807) is 4.90 Å². The van der Waals surface area contributed by atoms with Crippen molar-refractivity contribution in [1.29, 1.82) is 0 Å². The third-order valence-electron chi connectivity index (χ3n) is 4.70. The number of nitrogens with zero attached hydrogens (tertiary/aromatic N) is 2. The molecule has 1 atom stereocenters. The van der Waals surface area contributed by atoms with E-state index in [1.807, 2.05) is 31.2 Å². The highest BCUT2D eigenvalue weighted by Gasteiger charge is 2.35. The molecular formula is C20H21F3N2O2. The first-order chi connectivity index (χ1) is 12.8. The molecule has 1 aromatic carbocycles. The van der Waals surface area contributed by atoms with Crippen LogP contribution >= 0.6 is 0 Å². The van der Waals surface area contributed by atoms with Crippen LogP contribution in [0.1, 0.15) is 53.1 Å². The average molecular weight is 378 g/mol. The molecule has 1 aliphatic heterocycles. The molecule has 0 spiro atoms. The molecule has 1 saturated heterocycles. The van der Waals surface area contributed by atoms with Crippen molar-refractivity contribution in [3.63, 3.8) is 0 Å². The van der Waals surface area contributed by atoms with Gasteiger partial charge in [-0.1, -0.05) is 12.1 Å². The first-order valence-electron chi connectivity index (χ1n) is 8.90. The molecule has 1 aliphatic rings. The van der Waals surface area contributed by atoms with Gasteiger partial charge in [-0.05, 0) is 56.5 Å². The van der Waals surface area contributed by atoms with Crippen molar-refractivity contribution >= 4 is 5.91 Å². The number of likely N-dealkylation sites (tertiary alicyclic amines) is 1.